The van der Waals surface area contributed by atoms with Gasteiger partial charge in [0, 0.05) is 11.6 Å². The zero-order valence-corrected chi connectivity index (χ0v) is 10.5. The summed E-state index contributed by atoms with van der Waals surface area (Å²) in [4.78, 5) is 2.74. The van der Waals surface area contributed by atoms with Gasteiger partial charge in [-0.05, 0) is 57.5 Å². The van der Waals surface area contributed by atoms with Crippen molar-refractivity contribution in [2.45, 2.75) is 69.4 Å². The van der Waals surface area contributed by atoms with Crippen LogP contribution in [0.3, 0.4) is 0 Å². The van der Waals surface area contributed by atoms with E-state index in [1.54, 1.807) is 0 Å². The molecule has 1 unspecified atom stereocenters. The summed E-state index contributed by atoms with van der Waals surface area (Å²) in [5.41, 5.74) is 6.77. The minimum absolute atomic E-state index is 0.215. The Morgan fingerprint density at radius 3 is 2.12 bits per heavy atom. The van der Waals surface area contributed by atoms with Crippen LogP contribution in [0.5, 0.6) is 0 Å². The quantitative estimate of drug-likeness (QED) is 0.795. The van der Waals surface area contributed by atoms with Gasteiger partial charge in [0.05, 0.1) is 0 Å². The molecule has 16 heavy (non-hydrogen) atoms. The fourth-order valence-electron chi connectivity index (χ4n) is 4.04. The molecular formula is C14H26N2. The molecule has 2 N–H and O–H groups in total. The third-order valence-electron chi connectivity index (χ3n) is 5.05. The summed E-state index contributed by atoms with van der Waals surface area (Å²) in [6.07, 6.45) is 12.6. The van der Waals surface area contributed by atoms with Gasteiger partial charge in [-0.3, -0.25) is 4.90 Å². The lowest BCUT2D eigenvalue weighted by Crippen LogP contribution is -2.53. The second-order valence-electron chi connectivity index (χ2n) is 6.32. The fourth-order valence-corrected chi connectivity index (χ4v) is 4.04. The lowest BCUT2D eigenvalue weighted by atomic mass is 9.79. The molecule has 1 heterocycles. The summed E-state index contributed by atoms with van der Waals surface area (Å²) >= 11 is 0. The number of hydrogen-bond donors (Lipinski definition) is 1. The van der Waals surface area contributed by atoms with E-state index < -0.39 is 0 Å². The smallest absolute Gasteiger partial charge is 0.0316 e. The van der Waals surface area contributed by atoms with Crippen LogP contribution in [0.15, 0.2) is 0 Å². The first-order chi connectivity index (χ1) is 7.80. The zero-order valence-electron chi connectivity index (χ0n) is 10.5. The number of nitrogens with zero attached hydrogens (tertiary/aromatic N) is 1. The van der Waals surface area contributed by atoms with Crippen molar-refractivity contribution in [3.05, 3.63) is 0 Å². The molecule has 2 nitrogen and oxygen atoms in total. The van der Waals surface area contributed by atoms with Gasteiger partial charge in [-0.1, -0.05) is 19.3 Å². The van der Waals surface area contributed by atoms with Crippen molar-refractivity contribution in [1.82, 2.24) is 4.90 Å². The highest BCUT2D eigenvalue weighted by Gasteiger charge is 2.51. The average molecular weight is 222 g/mol. The van der Waals surface area contributed by atoms with E-state index >= 15 is 0 Å². The Bertz CT molecular complexity index is 235. The van der Waals surface area contributed by atoms with Crippen molar-refractivity contribution in [1.29, 1.82) is 0 Å². The van der Waals surface area contributed by atoms with Crippen LogP contribution < -0.4 is 5.73 Å². The Labute approximate surface area is 99.6 Å². The summed E-state index contributed by atoms with van der Waals surface area (Å²) < 4.78 is 0. The predicted molar refractivity (Wildman–Crippen MR) is 67.3 cm³/mol. The first kappa shape index (κ1) is 11.0. The van der Waals surface area contributed by atoms with E-state index in [-0.39, 0.29) is 5.54 Å². The Hall–Kier alpha value is -0.0800. The molecule has 2 aliphatic carbocycles. The summed E-state index contributed by atoms with van der Waals surface area (Å²) in [5.74, 6) is 0.916. The van der Waals surface area contributed by atoms with Crippen LogP contribution in [0.4, 0.5) is 0 Å². The topological polar surface area (TPSA) is 29.3 Å². The lowest BCUT2D eigenvalue weighted by Gasteiger charge is -2.40. The van der Waals surface area contributed by atoms with E-state index in [0.29, 0.717) is 0 Å². The van der Waals surface area contributed by atoms with Crippen LogP contribution in [-0.4, -0.2) is 29.6 Å². The van der Waals surface area contributed by atoms with E-state index in [2.05, 4.69) is 4.90 Å². The van der Waals surface area contributed by atoms with Crippen molar-refractivity contribution >= 4 is 0 Å². The van der Waals surface area contributed by atoms with Gasteiger partial charge in [0.25, 0.3) is 0 Å². The van der Waals surface area contributed by atoms with E-state index in [1.807, 2.05) is 0 Å². The first-order valence-corrected chi connectivity index (χ1v) is 7.32. The number of nitrogens with two attached hydrogens (primary N) is 1. The van der Waals surface area contributed by atoms with Gasteiger partial charge in [-0.2, -0.15) is 0 Å². The van der Waals surface area contributed by atoms with E-state index in [0.717, 1.165) is 12.0 Å². The molecule has 0 amide bonds. The number of hydrogen-bond acceptors (Lipinski definition) is 2. The Morgan fingerprint density at radius 2 is 1.56 bits per heavy atom. The third-order valence-corrected chi connectivity index (χ3v) is 5.05. The zero-order chi connectivity index (χ0) is 11.0. The molecule has 0 aromatic heterocycles. The molecule has 2 heteroatoms. The van der Waals surface area contributed by atoms with Crippen LogP contribution in [-0.2, 0) is 0 Å². The first-order valence-electron chi connectivity index (χ1n) is 7.32. The van der Waals surface area contributed by atoms with Crippen LogP contribution in [0, 0.1) is 5.92 Å². The summed E-state index contributed by atoms with van der Waals surface area (Å²) in [6, 6.07) is 0.732. The molecule has 0 radical (unpaired) electrons. The van der Waals surface area contributed by atoms with Gasteiger partial charge >= 0.3 is 0 Å². The Kier molecular flexibility index (Phi) is 2.97. The molecule has 0 aromatic carbocycles. The maximum absolute atomic E-state index is 6.56. The Morgan fingerprint density at radius 1 is 0.938 bits per heavy atom. The molecule has 3 fully saturated rings. The van der Waals surface area contributed by atoms with Gasteiger partial charge < -0.3 is 5.73 Å². The van der Waals surface area contributed by atoms with Crippen molar-refractivity contribution in [2.75, 3.05) is 13.1 Å². The van der Waals surface area contributed by atoms with Crippen LogP contribution >= 0.6 is 0 Å². The molecule has 0 aromatic rings. The highest BCUT2D eigenvalue weighted by Crippen LogP contribution is 2.45. The highest BCUT2D eigenvalue weighted by molar-refractivity contribution is 5.11. The van der Waals surface area contributed by atoms with Gasteiger partial charge in [0.15, 0.2) is 0 Å². The third kappa shape index (κ3) is 2.02. The molecule has 3 rings (SSSR count). The van der Waals surface area contributed by atoms with Crippen LogP contribution in [0.25, 0.3) is 0 Å². The maximum Gasteiger partial charge on any atom is 0.0316 e. The standard InChI is InChI=1S/C14H26N2/c15-14(8-9-14)13(16-10-4-5-11-16)12-6-2-1-3-7-12/h12-13H,1-11,15H2. The van der Waals surface area contributed by atoms with Crippen molar-refractivity contribution in [3.8, 4) is 0 Å². The SMILES string of the molecule is NC1(C(C2CCCCC2)N2CCCC2)CC1. The highest BCUT2D eigenvalue weighted by atomic mass is 15.2. The minimum Gasteiger partial charge on any atom is -0.324 e. The molecule has 1 atom stereocenters. The molecule has 2 saturated carbocycles. The molecular weight excluding hydrogens is 196 g/mol. The summed E-state index contributed by atoms with van der Waals surface area (Å²) in [5, 5.41) is 0. The monoisotopic (exact) mass is 222 g/mol. The fraction of sp³-hybridized carbons (Fsp3) is 1.00. The van der Waals surface area contributed by atoms with Gasteiger partial charge in [-0.15, -0.1) is 0 Å². The van der Waals surface area contributed by atoms with Crippen LogP contribution in [0.2, 0.25) is 0 Å². The molecule has 0 spiro atoms. The molecule has 0 bridgehead atoms. The van der Waals surface area contributed by atoms with Gasteiger partial charge in [0.2, 0.25) is 0 Å². The molecule has 92 valence electrons. The van der Waals surface area contributed by atoms with Gasteiger partial charge in [0.1, 0.15) is 0 Å². The normalized spacial score (nSPS) is 32.8. The average Bonchev–Trinajstić information content (AvgIpc) is 2.83. The van der Waals surface area contributed by atoms with Crippen molar-refractivity contribution < 1.29 is 0 Å². The molecule has 1 aliphatic heterocycles. The van der Waals surface area contributed by atoms with E-state index in [1.165, 1.54) is 70.9 Å². The summed E-state index contributed by atoms with van der Waals surface area (Å²) in [7, 11) is 0. The van der Waals surface area contributed by atoms with E-state index in [4.69, 9.17) is 5.73 Å². The second-order valence-corrected chi connectivity index (χ2v) is 6.32. The maximum atomic E-state index is 6.56. The van der Waals surface area contributed by atoms with Crippen molar-refractivity contribution in [3.63, 3.8) is 0 Å². The number of rotatable bonds is 3. The largest absolute Gasteiger partial charge is 0.324 e. The number of likely N-dealkylation sites (tertiary alicyclic amines) is 1. The molecule has 1 saturated heterocycles. The van der Waals surface area contributed by atoms with Crippen LogP contribution in [0.1, 0.15) is 57.8 Å². The molecule has 3 aliphatic rings. The Balaban J connectivity index is 1.72. The lowest BCUT2D eigenvalue weighted by molar-refractivity contribution is 0.110. The van der Waals surface area contributed by atoms with Crippen molar-refractivity contribution in [2.24, 2.45) is 11.7 Å². The minimum atomic E-state index is 0.215. The van der Waals surface area contributed by atoms with Gasteiger partial charge in [-0.25, -0.2) is 0 Å². The predicted octanol–water partition coefficient (Wildman–Crippen LogP) is 2.52. The van der Waals surface area contributed by atoms with E-state index in [9.17, 15) is 0 Å². The second kappa shape index (κ2) is 4.30. The summed E-state index contributed by atoms with van der Waals surface area (Å²) in [6.45, 7) is 2.64.